The highest BCUT2D eigenvalue weighted by Crippen LogP contribution is 2.24. The predicted molar refractivity (Wildman–Crippen MR) is 125 cm³/mol. The van der Waals surface area contributed by atoms with Crippen LogP contribution in [0, 0.1) is 20.8 Å². The van der Waals surface area contributed by atoms with E-state index in [2.05, 4.69) is 0 Å². The third-order valence-corrected chi connectivity index (χ3v) is 8.59. The molecule has 1 aliphatic rings. The topological polar surface area (TPSA) is 95.1 Å². The summed E-state index contributed by atoms with van der Waals surface area (Å²) in [6.07, 6.45) is 1.08. The molecule has 174 valence electrons. The number of carbonyl (C=O) groups is 1. The van der Waals surface area contributed by atoms with Crippen molar-refractivity contribution >= 4 is 31.6 Å². The van der Waals surface area contributed by atoms with Gasteiger partial charge >= 0.3 is 0 Å². The lowest BCUT2D eigenvalue weighted by Gasteiger charge is -2.35. The Morgan fingerprint density at radius 3 is 1.97 bits per heavy atom. The summed E-state index contributed by atoms with van der Waals surface area (Å²) in [4.78, 5) is 14.7. The second kappa shape index (κ2) is 9.21. The van der Waals surface area contributed by atoms with Gasteiger partial charge in [-0.3, -0.25) is 9.10 Å². The molecule has 0 radical (unpaired) electrons. The summed E-state index contributed by atoms with van der Waals surface area (Å²) in [7, 11) is -7.32. The van der Waals surface area contributed by atoms with E-state index in [1.165, 1.54) is 9.21 Å². The van der Waals surface area contributed by atoms with Gasteiger partial charge in [-0.05, 0) is 44.5 Å². The van der Waals surface area contributed by atoms with E-state index in [1.54, 1.807) is 43.3 Å². The van der Waals surface area contributed by atoms with Gasteiger partial charge in [0, 0.05) is 26.2 Å². The van der Waals surface area contributed by atoms with Gasteiger partial charge in [-0.15, -0.1) is 0 Å². The fourth-order valence-electron chi connectivity index (χ4n) is 3.73. The van der Waals surface area contributed by atoms with Gasteiger partial charge in [-0.25, -0.2) is 16.8 Å². The van der Waals surface area contributed by atoms with Gasteiger partial charge in [0.25, 0.3) is 0 Å². The number of rotatable bonds is 6. The number of nitrogens with zero attached hydrogens (tertiary/aromatic N) is 3. The van der Waals surface area contributed by atoms with Crippen molar-refractivity contribution in [1.82, 2.24) is 9.21 Å². The first-order valence-corrected chi connectivity index (χ1v) is 13.6. The summed E-state index contributed by atoms with van der Waals surface area (Å²) in [5.41, 5.74) is 3.19. The van der Waals surface area contributed by atoms with Crippen molar-refractivity contribution in [1.29, 1.82) is 0 Å². The third kappa shape index (κ3) is 5.31. The molecular weight excluding hydrogens is 450 g/mol. The minimum atomic E-state index is -3.68. The Hall–Kier alpha value is -2.43. The monoisotopic (exact) mass is 479 g/mol. The fraction of sp³-hybridized carbons (Fsp3) is 0.409. The first-order chi connectivity index (χ1) is 14.9. The van der Waals surface area contributed by atoms with Crippen LogP contribution in [-0.2, 0) is 24.8 Å². The average Bonchev–Trinajstić information content (AvgIpc) is 2.72. The highest BCUT2D eigenvalue weighted by atomic mass is 32.2. The lowest BCUT2D eigenvalue weighted by atomic mass is 10.1. The maximum Gasteiger partial charge on any atom is 0.243 e. The van der Waals surface area contributed by atoms with Crippen molar-refractivity contribution in [3.63, 3.8) is 0 Å². The molecule has 0 unspecified atom stereocenters. The molecule has 1 aliphatic heterocycles. The summed E-state index contributed by atoms with van der Waals surface area (Å²) < 4.78 is 53.0. The zero-order valence-electron chi connectivity index (χ0n) is 18.8. The van der Waals surface area contributed by atoms with Crippen molar-refractivity contribution in [3.8, 4) is 0 Å². The maximum atomic E-state index is 12.9. The average molecular weight is 480 g/mol. The maximum absolute atomic E-state index is 12.9. The van der Waals surface area contributed by atoms with Crippen molar-refractivity contribution in [2.24, 2.45) is 0 Å². The number of benzene rings is 2. The summed E-state index contributed by atoms with van der Waals surface area (Å²) in [5, 5.41) is 0. The van der Waals surface area contributed by atoms with E-state index < -0.39 is 20.0 Å². The lowest BCUT2D eigenvalue weighted by molar-refractivity contribution is -0.130. The molecule has 10 heteroatoms. The molecule has 0 N–H and O–H groups in total. The summed E-state index contributed by atoms with van der Waals surface area (Å²) in [6.45, 7) is 6.00. The van der Waals surface area contributed by atoms with Gasteiger partial charge in [0.05, 0.1) is 16.8 Å². The van der Waals surface area contributed by atoms with Crippen LogP contribution in [0.4, 0.5) is 5.69 Å². The predicted octanol–water partition coefficient (Wildman–Crippen LogP) is 1.91. The molecule has 2 aromatic carbocycles. The van der Waals surface area contributed by atoms with Crippen LogP contribution >= 0.6 is 0 Å². The highest BCUT2D eigenvalue weighted by Gasteiger charge is 2.32. The zero-order chi connectivity index (χ0) is 23.7. The second-order valence-corrected chi connectivity index (χ2v) is 12.0. The number of amides is 1. The quantitative estimate of drug-likeness (QED) is 0.631. The van der Waals surface area contributed by atoms with Crippen molar-refractivity contribution in [2.45, 2.75) is 25.7 Å². The van der Waals surface area contributed by atoms with Crippen LogP contribution in [0.5, 0.6) is 0 Å². The second-order valence-electron chi connectivity index (χ2n) is 8.16. The van der Waals surface area contributed by atoms with Gasteiger partial charge < -0.3 is 4.90 Å². The van der Waals surface area contributed by atoms with Crippen molar-refractivity contribution in [2.75, 3.05) is 43.3 Å². The van der Waals surface area contributed by atoms with E-state index in [1.807, 2.05) is 19.9 Å². The first-order valence-electron chi connectivity index (χ1n) is 10.3. The van der Waals surface area contributed by atoms with Crippen LogP contribution in [0.15, 0.2) is 47.4 Å². The number of hydrogen-bond donors (Lipinski definition) is 0. The number of hydrogen-bond acceptors (Lipinski definition) is 5. The van der Waals surface area contributed by atoms with E-state index in [4.69, 9.17) is 0 Å². The summed E-state index contributed by atoms with van der Waals surface area (Å²) in [5.74, 6) is -0.359. The van der Waals surface area contributed by atoms with Gasteiger partial charge in [0.15, 0.2) is 0 Å². The molecule has 0 saturated carbocycles. The Morgan fingerprint density at radius 2 is 1.44 bits per heavy atom. The van der Waals surface area contributed by atoms with Crippen LogP contribution in [-0.4, -0.2) is 70.9 Å². The smallest absolute Gasteiger partial charge is 0.243 e. The normalized spacial score (nSPS) is 15.6. The van der Waals surface area contributed by atoms with E-state index >= 15 is 0 Å². The van der Waals surface area contributed by atoms with Crippen molar-refractivity contribution in [3.05, 3.63) is 59.2 Å². The van der Waals surface area contributed by atoms with Gasteiger partial charge in [0.1, 0.15) is 6.54 Å². The number of carbonyl (C=O) groups excluding carboxylic acids is 1. The fourth-order valence-corrected chi connectivity index (χ4v) is 6.06. The van der Waals surface area contributed by atoms with E-state index in [9.17, 15) is 21.6 Å². The van der Waals surface area contributed by atoms with Crippen LogP contribution in [0.3, 0.4) is 0 Å². The van der Waals surface area contributed by atoms with Gasteiger partial charge in [-0.1, -0.05) is 35.4 Å². The molecule has 32 heavy (non-hydrogen) atoms. The van der Waals surface area contributed by atoms with Gasteiger partial charge in [0.2, 0.25) is 26.0 Å². The van der Waals surface area contributed by atoms with Crippen LogP contribution in [0.2, 0.25) is 0 Å². The van der Waals surface area contributed by atoms with Crippen LogP contribution in [0.1, 0.15) is 16.7 Å². The Balaban J connectivity index is 1.70. The largest absolute Gasteiger partial charge is 0.338 e. The highest BCUT2D eigenvalue weighted by molar-refractivity contribution is 7.92. The molecule has 1 saturated heterocycles. The Morgan fingerprint density at radius 1 is 0.875 bits per heavy atom. The lowest BCUT2D eigenvalue weighted by Crippen LogP contribution is -2.53. The molecule has 1 amide bonds. The number of sulfonamides is 2. The minimum absolute atomic E-state index is 0.157. The molecule has 0 spiro atoms. The molecule has 3 rings (SSSR count). The van der Waals surface area contributed by atoms with E-state index in [0.717, 1.165) is 27.3 Å². The van der Waals surface area contributed by atoms with E-state index in [0.29, 0.717) is 5.69 Å². The van der Waals surface area contributed by atoms with Crippen LogP contribution < -0.4 is 4.31 Å². The molecule has 0 aromatic heterocycles. The summed E-state index contributed by atoms with van der Waals surface area (Å²) >= 11 is 0. The summed E-state index contributed by atoms with van der Waals surface area (Å²) in [6, 6.07) is 12.0. The third-order valence-electron chi connectivity index (χ3n) is 5.55. The Labute approximate surface area is 190 Å². The molecule has 0 aliphatic carbocycles. The first kappa shape index (κ1) is 24.2. The minimum Gasteiger partial charge on any atom is -0.338 e. The van der Waals surface area contributed by atoms with Crippen LogP contribution in [0.25, 0.3) is 0 Å². The zero-order valence-corrected chi connectivity index (χ0v) is 20.4. The molecule has 2 aromatic rings. The van der Waals surface area contributed by atoms with Gasteiger partial charge in [-0.2, -0.15) is 4.31 Å². The Bertz CT molecular complexity index is 1200. The SMILES string of the molecule is Cc1ccc(S(=O)(=O)N2CCN(C(=O)CN(c3ccc(C)cc3C)S(C)(=O)=O)CC2)cc1. The molecule has 0 atom stereocenters. The number of anilines is 1. The molecule has 0 bridgehead atoms. The molecule has 1 heterocycles. The molecule has 1 fully saturated rings. The number of aryl methyl sites for hydroxylation is 3. The standard InChI is InChI=1S/C22H29N3O5S2/c1-17-5-8-20(9-6-17)32(29,30)24-13-11-23(12-14-24)22(26)16-25(31(4,27)28)21-10-7-18(2)15-19(21)3/h5-10,15H,11-14,16H2,1-4H3. The molecular formula is C22H29N3O5S2. The van der Waals surface area contributed by atoms with E-state index in [-0.39, 0.29) is 43.5 Å². The number of piperazine rings is 1. The Kier molecular flexibility index (Phi) is 6.97. The van der Waals surface area contributed by atoms with Crippen molar-refractivity contribution < 1.29 is 21.6 Å². The molecule has 8 nitrogen and oxygen atoms in total.